The van der Waals surface area contributed by atoms with E-state index in [1.54, 1.807) is 0 Å². The molecule has 27 heavy (non-hydrogen) atoms. The maximum Gasteiger partial charge on any atom is 0.317 e. The second kappa shape index (κ2) is 7.84. The number of carbonyl (C=O) groups is 1. The fraction of sp³-hybridized carbons (Fsp3) is 0.318. The van der Waals surface area contributed by atoms with Gasteiger partial charge in [-0.1, -0.05) is 48.0 Å². The van der Waals surface area contributed by atoms with Crippen LogP contribution in [-0.2, 0) is 4.74 Å². The number of hydrogen-bond donors (Lipinski definition) is 2. The lowest BCUT2D eigenvalue weighted by Gasteiger charge is -2.28. The summed E-state index contributed by atoms with van der Waals surface area (Å²) in [6.45, 7) is 5.16. The van der Waals surface area contributed by atoms with Crippen LogP contribution in [0.5, 0.6) is 0 Å². The molecule has 2 amide bonds. The van der Waals surface area contributed by atoms with Crippen molar-refractivity contribution in [3.05, 3.63) is 71.4 Å². The first kappa shape index (κ1) is 17.6. The zero-order valence-electron chi connectivity index (χ0n) is 15.6. The molecule has 1 fully saturated rings. The molecule has 5 heteroatoms. The Balaban J connectivity index is 1.60. The van der Waals surface area contributed by atoms with Crippen molar-refractivity contribution < 1.29 is 9.53 Å². The molecule has 1 aliphatic rings. The van der Waals surface area contributed by atoms with Crippen molar-refractivity contribution in [3.63, 3.8) is 0 Å². The van der Waals surface area contributed by atoms with E-state index in [9.17, 15) is 4.79 Å². The molecule has 1 unspecified atom stereocenters. The fourth-order valence-corrected chi connectivity index (χ4v) is 3.66. The number of nitrogens with zero attached hydrogens (tertiary/aromatic N) is 1. The Kier molecular flexibility index (Phi) is 5.12. The first-order valence-corrected chi connectivity index (χ1v) is 9.45. The maximum absolute atomic E-state index is 12.6. The highest BCUT2D eigenvalue weighted by Gasteiger charge is 2.21. The third-order valence-corrected chi connectivity index (χ3v) is 5.23. The van der Waals surface area contributed by atoms with E-state index in [1.807, 2.05) is 11.0 Å². The summed E-state index contributed by atoms with van der Waals surface area (Å²) in [5.41, 5.74) is 4.75. The summed E-state index contributed by atoms with van der Waals surface area (Å²) in [6, 6.07) is 16.8. The van der Waals surface area contributed by atoms with Gasteiger partial charge in [-0.05, 0) is 24.1 Å². The van der Waals surface area contributed by atoms with Crippen molar-refractivity contribution in [2.45, 2.75) is 12.8 Å². The van der Waals surface area contributed by atoms with E-state index in [2.05, 4.69) is 65.9 Å². The molecule has 2 aromatic carbocycles. The molecule has 2 heterocycles. The summed E-state index contributed by atoms with van der Waals surface area (Å²) in [6.07, 6.45) is 2.07. The largest absolute Gasteiger partial charge is 0.378 e. The van der Waals surface area contributed by atoms with Gasteiger partial charge in [-0.15, -0.1) is 0 Å². The van der Waals surface area contributed by atoms with Gasteiger partial charge < -0.3 is 19.9 Å². The monoisotopic (exact) mass is 363 g/mol. The maximum atomic E-state index is 12.6. The predicted molar refractivity (Wildman–Crippen MR) is 107 cm³/mol. The molecular weight excluding hydrogens is 338 g/mol. The van der Waals surface area contributed by atoms with E-state index in [1.165, 1.54) is 22.1 Å². The number of benzene rings is 2. The highest BCUT2D eigenvalue weighted by atomic mass is 16.5. The average Bonchev–Trinajstić information content (AvgIpc) is 3.14. The van der Waals surface area contributed by atoms with Crippen LogP contribution in [0.1, 0.15) is 22.6 Å². The number of rotatable bonds is 4. The van der Waals surface area contributed by atoms with Crippen LogP contribution in [0.2, 0.25) is 0 Å². The van der Waals surface area contributed by atoms with Gasteiger partial charge in [-0.2, -0.15) is 0 Å². The van der Waals surface area contributed by atoms with Crippen molar-refractivity contribution in [1.82, 2.24) is 15.2 Å². The van der Waals surface area contributed by atoms with Crippen LogP contribution < -0.4 is 5.32 Å². The molecular formula is C22H25N3O2. The molecule has 0 spiro atoms. The van der Waals surface area contributed by atoms with E-state index >= 15 is 0 Å². The van der Waals surface area contributed by atoms with Crippen molar-refractivity contribution in [3.8, 4) is 0 Å². The summed E-state index contributed by atoms with van der Waals surface area (Å²) >= 11 is 0. The molecule has 1 saturated heterocycles. The van der Waals surface area contributed by atoms with E-state index in [0.29, 0.717) is 32.8 Å². The van der Waals surface area contributed by atoms with Crippen LogP contribution in [0, 0.1) is 6.92 Å². The number of hydrogen-bond acceptors (Lipinski definition) is 2. The molecule has 1 aliphatic heterocycles. The molecule has 1 atom stereocenters. The van der Waals surface area contributed by atoms with Crippen molar-refractivity contribution >= 4 is 16.9 Å². The summed E-state index contributed by atoms with van der Waals surface area (Å²) < 4.78 is 5.34. The van der Waals surface area contributed by atoms with Crippen LogP contribution in [-0.4, -0.2) is 48.8 Å². The minimum Gasteiger partial charge on any atom is -0.378 e. The second-order valence-electron chi connectivity index (χ2n) is 7.04. The Morgan fingerprint density at radius 1 is 1.15 bits per heavy atom. The Bertz CT molecular complexity index is 911. The van der Waals surface area contributed by atoms with Gasteiger partial charge in [0.25, 0.3) is 0 Å². The van der Waals surface area contributed by atoms with E-state index < -0.39 is 0 Å². The average molecular weight is 363 g/mol. The van der Waals surface area contributed by atoms with Gasteiger partial charge in [-0.3, -0.25) is 0 Å². The van der Waals surface area contributed by atoms with Gasteiger partial charge in [0.15, 0.2) is 0 Å². The Hall–Kier alpha value is -2.79. The molecule has 0 bridgehead atoms. The van der Waals surface area contributed by atoms with Crippen LogP contribution >= 0.6 is 0 Å². The molecule has 4 rings (SSSR count). The quantitative estimate of drug-likeness (QED) is 0.743. The number of urea groups is 1. The zero-order valence-corrected chi connectivity index (χ0v) is 15.6. The van der Waals surface area contributed by atoms with Crippen LogP contribution in [0.3, 0.4) is 0 Å². The number of H-pyrrole nitrogens is 1. The number of carbonyl (C=O) groups excluding carboxylic acids is 1. The lowest BCUT2D eigenvalue weighted by atomic mass is 9.90. The third-order valence-electron chi connectivity index (χ3n) is 5.23. The number of amides is 2. The molecule has 1 aromatic heterocycles. The van der Waals surface area contributed by atoms with Crippen molar-refractivity contribution in [1.29, 1.82) is 0 Å². The van der Waals surface area contributed by atoms with Crippen LogP contribution in [0.15, 0.2) is 54.7 Å². The Morgan fingerprint density at radius 2 is 1.89 bits per heavy atom. The van der Waals surface area contributed by atoms with Gasteiger partial charge in [0.1, 0.15) is 0 Å². The number of aromatic nitrogens is 1. The minimum atomic E-state index is -0.0183. The molecule has 3 aromatic rings. The third kappa shape index (κ3) is 3.83. The van der Waals surface area contributed by atoms with E-state index in [4.69, 9.17) is 4.74 Å². The number of aryl methyl sites for hydroxylation is 1. The van der Waals surface area contributed by atoms with Crippen molar-refractivity contribution in [2.24, 2.45) is 0 Å². The highest BCUT2D eigenvalue weighted by Crippen LogP contribution is 2.30. The summed E-state index contributed by atoms with van der Waals surface area (Å²) in [4.78, 5) is 17.8. The number of morpholine rings is 1. The minimum absolute atomic E-state index is 0.0183. The van der Waals surface area contributed by atoms with Gasteiger partial charge in [0.2, 0.25) is 0 Å². The normalized spacial score (nSPS) is 15.7. The van der Waals surface area contributed by atoms with Crippen molar-refractivity contribution in [2.75, 3.05) is 32.8 Å². The predicted octanol–water partition coefficient (Wildman–Crippen LogP) is 3.65. The standard InChI is InChI=1S/C22H25N3O2/c1-16-6-8-17(9-7-16)19(14-24-22(26)25-10-12-27-13-11-25)20-15-23-21-5-3-2-4-18(20)21/h2-9,15,19,23H,10-14H2,1H3,(H,24,26). The van der Waals surface area contributed by atoms with E-state index in [-0.39, 0.29) is 11.9 Å². The smallest absolute Gasteiger partial charge is 0.317 e. The Labute approximate surface area is 159 Å². The topological polar surface area (TPSA) is 57.4 Å². The summed E-state index contributed by atoms with van der Waals surface area (Å²) in [7, 11) is 0. The van der Waals surface area contributed by atoms with Crippen LogP contribution in [0.4, 0.5) is 4.79 Å². The van der Waals surface area contributed by atoms with Gasteiger partial charge in [0, 0.05) is 42.7 Å². The van der Waals surface area contributed by atoms with Gasteiger partial charge >= 0.3 is 6.03 Å². The second-order valence-corrected chi connectivity index (χ2v) is 7.04. The van der Waals surface area contributed by atoms with Gasteiger partial charge in [-0.25, -0.2) is 4.79 Å². The van der Waals surface area contributed by atoms with Crippen LogP contribution in [0.25, 0.3) is 10.9 Å². The molecule has 0 radical (unpaired) electrons. The molecule has 0 aliphatic carbocycles. The molecule has 0 saturated carbocycles. The van der Waals surface area contributed by atoms with Gasteiger partial charge in [0.05, 0.1) is 13.2 Å². The number of fused-ring (bicyclic) bond motifs is 1. The molecule has 2 N–H and O–H groups in total. The van der Waals surface area contributed by atoms with E-state index in [0.717, 1.165) is 5.52 Å². The number of nitrogens with one attached hydrogen (secondary N) is 2. The SMILES string of the molecule is Cc1ccc(C(CNC(=O)N2CCOCC2)c2c[nH]c3ccccc23)cc1. The number of ether oxygens (including phenoxy) is 1. The zero-order chi connectivity index (χ0) is 18.6. The molecule has 140 valence electrons. The summed E-state index contributed by atoms with van der Waals surface area (Å²) in [5.74, 6) is 0.0896. The summed E-state index contributed by atoms with van der Waals surface area (Å²) in [5, 5.41) is 4.33. The highest BCUT2D eigenvalue weighted by molar-refractivity contribution is 5.84. The first-order chi connectivity index (χ1) is 13.2. The fourth-order valence-electron chi connectivity index (χ4n) is 3.66. The lowest BCUT2D eigenvalue weighted by Crippen LogP contribution is -2.47. The molecule has 5 nitrogen and oxygen atoms in total. The number of aromatic amines is 1. The first-order valence-electron chi connectivity index (χ1n) is 9.45. The lowest BCUT2D eigenvalue weighted by molar-refractivity contribution is 0.0532. The Morgan fingerprint density at radius 3 is 2.67 bits per heavy atom. The number of para-hydroxylation sites is 1.